The molecule has 2 heteroatoms. The maximum atomic E-state index is 5.86. The minimum Gasteiger partial charge on any atom is -0.496 e. The van der Waals surface area contributed by atoms with Crippen molar-refractivity contribution in [2.24, 2.45) is 5.73 Å². The number of benzene rings is 1. The van der Waals surface area contributed by atoms with E-state index in [2.05, 4.69) is 6.58 Å². The zero-order valence-electron chi connectivity index (χ0n) is 8.58. The highest BCUT2D eigenvalue weighted by Crippen LogP contribution is 2.24. The first-order chi connectivity index (χ1) is 6.70. The van der Waals surface area contributed by atoms with Gasteiger partial charge in [0.2, 0.25) is 0 Å². The fourth-order valence-corrected chi connectivity index (χ4v) is 1.37. The van der Waals surface area contributed by atoms with Crippen molar-refractivity contribution in [1.82, 2.24) is 0 Å². The molecular weight excluding hydrogens is 174 g/mol. The second-order valence-corrected chi connectivity index (χ2v) is 2.99. The molecule has 1 aromatic rings. The van der Waals surface area contributed by atoms with E-state index in [9.17, 15) is 0 Å². The van der Waals surface area contributed by atoms with Gasteiger partial charge in [0, 0.05) is 16.8 Å². The summed E-state index contributed by atoms with van der Waals surface area (Å²) in [6, 6.07) is 5.80. The van der Waals surface area contributed by atoms with Gasteiger partial charge in [0.25, 0.3) is 0 Å². The van der Waals surface area contributed by atoms with E-state index in [4.69, 9.17) is 10.5 Å². The fraction of sp³-hybridized carbons (Fsp3) is 0.167. The summed E-state index contributed by atoms with van der Waals surface area (Å²) in [6.07, 6.45) is 3.45. The summed E-state index contributed by atoms with van der Waals surface area (Å²) in [5.41, 5.74) is 8.61. The molecule has 0 radical (unpaired) electrons. The van der Waals surface area contributed by atoms with Crippen molar-refractivity contribution in [3.05, 3.63) is 48.1 Å². The summed E-state index contributed by atoms with van der Waals surface area (Å²) in [7, 11) is 1.65. The second kappa shape index (κ2) is 4.51. The topological polar surface area (TPSA) is 35.2 Å². The molecule has 0 aliphatic carbocycles. The Bertz CT molecular complexity index is 367. The van der Waals surface area contributed by atoms with Gasteiger partial charge in [0.1, 0.15) is 5.75 Å². The van der Waals surface area contributed by atoms with Crippen molar-refractivity contribution >= 4 is 5.70 Å². The van der Waals surface area contributed by atoms with Crippen LogP contribution < -0.4 is 10.5 Å². The minimum absolute atomic E-state index is 0.705. The van der Waals surface area contributed by atoms with Crippen LogP contribution in [0.25, 0.3) is 5.70 Å². The van der Waals surface area contributed by atoms with Crippen LogP contribution in [0.5, 0.6) is 5.75 Å². The van der Waals surface area contributed by atoms with Crippen molar-refractivity contribution in [1.29, 1.82) is 0 Å². The molecule has 0 spiro atoms. The Morgan fingerprint density at radius 3 is 2.79 bits per heavy atom. The van der Waals surface area contributed by atoms with E-state index >= 15 is 0 Å². The zero-order chi connectivity index (χ0) is 10.6. The molecule has 0 aromatic heterocycles. The van der Waals surface area contributed by atoms with Crippen LogP contribution >= 0.6 is 0 Å². The van der Waals surface area contributed by atoms with E-state index in [1.54, 1.807) is 19.3 Å². The number of nitrogens with two attached hydrogens (primary N) is 1. The first-order valence-corrected chi connectivity index (χ1v) is 4.43. The van der Waals surface area contributed by atoms with Crippen LogP contribution in [0, 0.1) is 6.92 Å². The van der Waals surface area contributed by atoms with Gasteiger partial charge < -0.3 is 10.5 Å². The van der Waals surface area contributed by atoms with Gasteiger partial charge in [-0.05, 0) is 19.1 Å². The molecule has 0 amide bonds. The number of allylic oxidation sites excluding steroid dienone is 2. The zero-order valence-corrected chi connectivity index (χ0v) is 8.58. The van der Waals surface area contributed by atoms with Gasteiger partial charge in [-0.3, -0.25) is 0 Å². The summed E-state index contributed by atoms with van der Waals surface area (Å²) in [4.78, 5) is 0. The molecule has 0 heterocycles. The molecule has 0 atom stereocenters. The summed E-state index contributed by atoms with van der Waals surface area (Å²) in [6.45, 7) is 5.59. The first kappa shape index (κ1) is 10.4. The van der Waals surface area contributed by atoms with Gasteiger partial charge in [0.05, 0.1) is 7.11 Å². The normalized spacial score (nSPS) is 11.1. The molecule has 0 saturated carbocycles. The number of hydrogen-bond donors (Lipinski definition) is 1. The average molecular weight is 189 g/mol. The fourth-order valence-electron chi connectivity index (χ4n) is 1.37. The highest BCUT2D eigenvalue weighted by atomic mass is 16.5. The van der Waals surface area contributed by atoms with E-state index in [0.717, 1.165) is 16.9 Å². The second-order valence-electron chi connectivity index (χ2n) is 2.99. The Balaban J connectivity index is 3.22. The van der Waals surface area contributed by atoms with Crippen molar-refractivity contribution in [3.63, 3.8) is 0 Å². The number of ether oxygens (including phenoxy) is 1. The maximum Gasteiger partial charge on any atom is 0.122 e. The molecule has 1 rings (SSSR count). The third kappa shape index (κ3) is 1.96. The lowest BCUT2D eigenvalue weighted by Gasteiger charge is -2.09. The highest BCUT2D eigenvalue weighted by molar-refractivity contribution is 5.68. The Kier molecular flexibility index (Phi) is 3.35. The van der Waals surface area contributed by atoms with E-state index in [1.807, 2.05) is 25.1 Å². The Labute approximate surface area is 84.7 Å². The third-order valence-electron chi connectivity index (χ3n) is 2.11. The summed E-state index contributed by atoms with van der Waals surface area (Å²) < 4.78 is 5.21. The van der Waals surface area contributed by atoms with Crippen LogP contribution in [0.2, 0.25) is 0 Å². The van der Waals surface area contributed by atoms with Gasteiger partial charge >= 0.3 is 0 Å². The smallest absolute Gasteiger partial charge is 0.122 e. The van der Waals surface area contributed by atoms with Crippen LogP contribution in [0.15, 0.2) is 36.9 Å². The first-order valence-electron chi connectivity index (χ1n) is 4.43. The molecule has 2 N–H and O–H groups in total. The van der Waals surface area contributed by atoms with Gasteiger partial charge in [-0.25, -0.2) is 0 Å². The van der Waals surface area contributed by atoms with E-state index in [0.29, 0.717) is 5.70 Å². The van der Waals surface area contributed by atoms with E-state index in [1.165, 1.54) is 0 Å². The van der Waals surface area contributed by atoms with E-state index in [-0.39, 0.29) is 0 Å². The SMILES string of the molecule is C=C/C=C(/N)c1cccc(OC)c1C. The molecule has 0 saturated heterocycles. The Morgan fingerprint density at radius 2 is 2.21 bits per heavy atom. The van der Waals surface area contributed by atoms with Crippen LogP contribution in [0.4, 0.5) is 0 Å². The highest BCUT2D eigenvalue weighted by Gasteiger charge is 2.04. The molecule has 74 valence electrons. The molecule has 0 unspecified atom stereocenters. The van der Waals surface area contributed by atoms with Crippen LogP contribution in [0.1, 0.15) is 11.1 Å². The summed E-state index contributed by atoms with van der Waals surface area (Å²) in [5.74, 6) is 0.850. The predicted octanol–water partition coefficient (Wildman–Crippen LogP) is 2.49. The lowest BCUT2D eigenvalue weighted by molar-refractivity contribution is 0.411. The third-order valence-corrected chi connectivity index (χ3v) is 2.11. The van der Waals surface area contributed by atoms with Crippen LogP contribution in [0.3, 0.4) is 0 Å². The molecule has 1 aromatic carbocycles. The standard InChI is InChI=1S/C12H15NO/c1-4-6-11(13)10-7-5-8-12(14-3)9(10)2/h4-8H,1,13H2,2-3H3/b11-6+. The Hall–Kier alpha value is -1.70. The monoisotopic (exact) mass is 189 g/mol. The molecular formula is C12H15NO. The molecule has 14 heavy (non-hydrogen) atoms. The average Bonchev–Trinajstić information content (AvgIpc) is 2.18. The molecule has 0 aliphatic rings. The van der Waals surface area contributed by atoms with Gasteiger partial charge in [-0.2, -0.15) is 0 Å². The quantitative estimate of drug-likeness (QED) is 0.741. The number of rotatable bonds is 3. The van der Waals surface area contributed by atoms with Gasteiger partial charge in [0.15, 0.2) is 0 Å². The number of hydrogen-bond acceptors (Lipinski definition) is 2. The van der Waals surface area contributed by atoms with Crippen molar-refractivity contribution in [3.8, 4) is 5.75 Å². The molecule has 0 fully saturated rings. The summed E-state index contributed by atoms with van der Waals surface area (Å²) in [5, 5.41) is 0. The lowest BCUT2D eigenvalue weighted by atomic mass is 10.0. The predicted molar refractivity (Wildman–Crippen MR) is 60.1 cm³/mol. The minimum atomic E-state index is 0.705. The van der Waals surface area contributed by atoms with Crippen molar-refractivity contribution < 1.29 is 4.74 Å². The lowest BCUT2D eigenvalue weighted by Crippen LogP contribution is -1.99. The van der Waals surface area contributed by atoms with E-state index < -0.39 is 0 Å². The van der Waals surface area contributed by atoms with Gasteiger partial charge in [-0.15, -0.1) is 0 Å². The molecule has 0 aliphatic heterocycles. The van der Waals surface area contributed by atoms with Crippen molar-refractivity contribution in [2.45, 2.75) is 6.92 Å². The maximum absolute atomic E-state index is 5.86. The largest absolute Gasteiger partial charge is 0.496 e. The number of methoxy groups -OCH3 is 1. The van der Waals surface area contributed by atoms with Gasteiger partial charge in [-0.1, -0.05) is 24.8 Å². The van der Waals surface area contributed by atoms with Crippen molar-refractivity contribution in [2.75, 3.05) is 7.11 Å². The molecule has 2 nitrogen and oxygen atoms in total. The summed E-state index contributed by atoms with van der Waals surface area (Å²) >= 11 is 0. The Morgan fingerprint density at radius 1 is 1.50 bits per heavy atom. The molecule has 0 bridgehead atoms. The van der Waals surface area contributed by atoms with Crippen LogP contribution in [-0.4, -0.2) is 7.11 Å². The van der Waals surface area contributed by atoms with Crippen LogP contribution in [-0.2, 0) is 0 Å².